The van der Waals surface area contributed by atoms with Gasteiger partial charge >= 0.3 is 0 Å². The zero-order chi connectivity index (χ0) is 17.4. The SMILES string of the molecule is Oc1cc(Cl)ccc1-c1nnc(NC2CCCCC2O)c2nccn12. The molecule has 0 radical (unpaired) electrons. The number of hydrogen-bond acceptors (Lipinski definition) is 6. The minimum atomic E-state index is -0.398. The van der Waals surface area contributed by atoms with Crippen LogP contribution in [-0.4, -0.2) is 41.9 Å². The highest BCUT2D eigenvalue weighted by Crippen LogP contribution is 2.31. The third-order valence-electron chi connectivity index (χ3n) is 4.58. The maximum atomic E-state index is 10.2. The molecule has 2 atom stereocenters. The molecule has 0 bridgehead atoms. The molecular weight excluding hydrogens is 342 g/mol. The van der Waals surface area contributed by atoms with E-state index < -0.39 is 6.10 Å². The lowest BCUT2D eigenvalue weighted by Crippen LogP contribution is -2.36. The lowest BCUT2D eigenvalue weighted by atomic mass is 9.93. The van der Waals surface area contributed by atoms with E-state index in [0.29, 0.717) is 27.9 Å². The molecule has 0 saturated heterocycles. The van der Waals surface area contributed by atoms with Gasteiger partial charge in [-0.25, -0.2) is 4.98 Å². The second kappa shape index (κ2) is 6.50. The first-order valence-electron chi connectivity index (χ1n) is 8.27. The van der Waals surface area contributed by atoms with Crippen LogP contribution < -0.4 is 5.32 Å². The Morgan fingerprint density at radius 1 is 1.20 bits per heavy atom. The maximum Gasteiger partial charge on any atom is 0.192 e. The lowest BCUT2D eigenvalue weighted by Gasteiger charge is -2.28. The molecule has 0 aliphatic heterocycles. The largest absolute Gasteiger partial charge is 0.507 e. The van der Waals surface area contributed by atoms with Crippen molar-refractivity contribution in [2.75, 3.05) is 5.32 Å². The number of aliphatic hydroxyl groups is 1. The zero-order valence-electron chi connectivity index (χ0n) is 13.4. The number of nitrogens with zero attached hydrogens (tertiary/aromatic N) is 4. The van der Waals surface area contributed by atoms with E-state index in [0.717, 1.165) is 25.7 Å². The Bertz CT molecular complexity index is 913. The van der Waals surface area contributed by atoms with Gasteiger partial charge in [0.15, 0.2) is 17.3 Å². The van der Waals surface area contributed by atoms with E-state index in [2.05, 4.69) is 20.5 Å². The molecule has 3 N–H and O–H groups in total. The Kier molecular flexibility index (Phi) is 4.19. The van der Waals surface area contributed by atoms with Crippen LogP contribution in [-0.2, 0) is 0 Å². The average Bonchev–Trinajstić information content (AvgIpc) is 3.08. The molecule has 2 unspecified atom stereocenters. The Morgan fingerprint density at radius 3 is 2.84 bits per heavy atom. The van der Waals surface area contributed by atoms with E-state index in [1.165, 1.54) is 6.07 Å². The quantitative estimate of drug-likeness (QED) is 0.665. The van der Waals surface area contributed by atoms with Crippen molar-refractivity contribution in [3.8, 4) is 17.1 Å². The normalized spacial score (nSPS) is 20.7. The smallest absolute Gasteiger partial charge is 0.192 e. The lowest BCUT2D eigenvalue weighted by molar-refractivity contribution is 0.116. The van der Waals surface area contributed by atoms with E-state index in [9.17, 15) is 10.2 Å². The number of fused-ring (bicyclic) bond motifs is 1. The summed E-state index contributed by atoms with van der Waals surface area (Å²) in [6, 6.07) is 4.79. The Labute approximate surface area is 149 Å². The number of rotatable bonds is 3. The van der Waals surface area contributed by atoms with Crippen LogP contribution in [0.1, 0.15) is 25.7 Å². The highest BCUT2D eigenvalue weighted by Gasteiger charge is 2.25. The first-order chi connectivity index (χ1) is 12.1. The third kappa shape index (κ3) is 3.01. The first kappa shape index (κ1) is 16.1. The predicted molar refractivity (Wildman–Crippen MR) is 94.8 cm³/mol. The molecule has 1 aromatic carbocycles. The summed E-state index contributed by atoms with van der Waals surface area (Å²) >= 11 is 5.90. The van der Waals surface area contributed by atoms with Crippen LogP contribution in [0.25, 0.3) is 17.0 Å². The highest BCUT2D eigenvalue weighted by atomic mass is 35.5. The van der Waals surface area contributed by atoms with Gasteiger partial charge in [0.25, 0.3) is 0 Å². The average molecular weight is 360 g/mol. The van der Waals surface area contributed by atoms with Gasteiger partial charge in [-0.3, -0.25) is 4.40 Å². The Balaban J connectivity index is 1.74. The second-order valence-corrected chi connectivity index (χ2v) is 6.69. The number of aliphatic hydroxyl groups excluding tert-OH is 1. The molecule has 1 fully saturated rings. The number of benzene rings is 1. The van der Waals surface area contributed by atoms with Crippen molar-refractivity contribution in [2.24, 2.45) is 0 Å². The van der Waals surface area contributed by atoms with Crippen molar-refractivity contribution >= 4 is 23.1 Å². The van der Waals surface area contributed by atoms with Gasteiger partial charge in [0, 0.05) is 17.4 Å². The summed E-state index contributed by atoms with van der Waals surface area (Å²) in [7, 11) is 0. The van der Waals surface area contributed by atoms with Crippen LogP contribution >= 0.6 is 11.6 Å². The molecule has 4 rings (SSSR count). The fraction of sp³-hybridized carbons (Fsp3) is 0.353. The zero-order valence-corrected chi connectivity index (χ0v) is 14.2. The van der Waals surface area contributed by atoms with E-state index >= 15 is 0 Å². The number of aromatic hydroxyl groups is 1. The van der Waals surface area contributed by atoms with Gasteiger partial charge in [-0.15, -0.1) is 10.2 Å². The number of nitrogens with one attached hydrogen (secondary N) is 1. The fourth-order valence-electron chi connectivity index (χ4n) is 3.27. The van der Waals surface area contributed by atoms with Crippen molar-refractivity contribution in [2.45, 2.75) is 37.8 Å². The van der Waals surface area contributed by atoms with Gasteiger partial charge in [0.2, 0.25) is 0 Å². The summed E-state index contributed by atoms with van der Waals surface area (Å²) in [5, 5.41) is 32.6. The Morgan fingerprint density at radius 2 is 2.04 bits per heavy atom. The van der Waals surface area contributed by atoms with Crippen molar-refractivity contribution in [3.63, 3.8) is 0 Å². The van der Waals surface area contributed by atoms with Crippen LogP contribution in [0.4, 0.5) is 5.82 Å². The third-order valence-corrected chi connectivity index (χ3v) is 4.81. The maximum absolute atomic E-state index is 10.2. The molecule has 3 aromatic rings. The summed E-state index contributed by atoms with van der Waals surface area (Å²) in [5.74, 6) is 1.02. The summed E-state index contributed by atoms with van der Waals surface area (Å²) in [4.78, 5) is 4.35. The number of imidazole rings is 1. The molecular formula is C17H18ClN5O2. The molecule has 1 saturated carbocycles. The number of aromatic nitrogens is 4. The second-order valence-electron chi connectivity index (χ2n) is 6.26. The molecule has 7 nitrogen and oxygen atoms in total. The molecule has 130 valence electrons. The van der Waals surface area contributed by atoms with E-state index in [1.807, 2.05) is 0 Å². The topological polar surface area (TPSA) is 95.6 Å². The number of halogens is 1. The number of phenols is 1. The monoisotopic (exact) mass is 359 g/mol. The summed E-state index contributed by atoms with van der Waals surface area (Å²) in [6.45, 7) is 0. The van der Waals surface area contributed by atoms with Gasteiger partial charge in [0.1, 0.15) is 5.75 Å². The van der Waals surface area contributed by atoms with Crippen molar-refractivity contribution in [1.29, 1.82) is 0 Å². The van der Waals surface area contributed by atoms with Gasteiger partial charge in [-0.1, -0.05) is 24.4 Å². The van der Waals surface area contributed by atoms with Gasteiger partial charge < -0.3 is 15.5 Å². The molecule has 25 heavy (non-hydrogen) atoms. The van der Waals surface area contributed by atoms with Crippen molar-refractivity contribution < 1.29 is 10.2 Å². The highest BCUT2D eigenvalue weighted by molar-refractivity contribution is 6.30. The summed E-state index contributed by atoms with van der Waals surface area (Å²) < 4.78 is 1.76. The first-order valence-corrected chi connectivity index (χ1v) is 8.64. The van der Waals surface area contributed by atoms with Crippen LogP contribution in [0.3, 0.4) is 0 Å². The molecule has 2 heterocycles. The van der Waals surface area contributed by atoms with Gasteiger partial charge in [-0.2, -0.15) is 0 Å². The molecule has 0 amide bonds. The molecule has 2 aromatic heterocycles. The number of hydrogen-bond donors (Lipinski definition) is 3. The van der Waals surface area contributed by atoms with E-state index in [1.54, 1.807) is 28.9 Å². The van der Waals surface area contributed by atoms with Crippen LogP contribution in [0.5, 0.6) is 5.75 Å². The van der Waals surface area contributed by atoms with Crippen LogP contribution in [0, 0.1) is 0 Å². The van der Waals surface area contributed by atoms with Crippen LogP contribution in [0.2, 0.25) is 5.02 Å². The summed E-state index contributed by atoms with van der Waals surface area (Å²) in [6.07, 6.45) is 6.79. The van der Waals surface area contributed by atoms with Crippen LogP contribution in [0.15, 0.2) is 30.6 Å². The van der Waals surface area contributed by atoms with Gasteiger partial charge in [-0.05, 0) is 31.0 Å². The van der Waals surface area contributed by atoms with Crippen molar-refractivity contribution in [3.05, 3.63) is 35.6 Å². The number of anilines is 1. The fourth-order valence-corrected chi connectivity index (χ4v) is 3.43. The van der Waals surface area contributed by atoms with E-state index in [-0.39, 0.29) is 11.8 Å². The molecule has 0 spiro atoms. The van der Waals surface area contributed by atoms with E-state index in [4.69, 9.17) is 11.6 Å². The predicted octanol–water partition coefficient (Wildman–Crippen LogP) is 2.87. The van der Waals surface area contributed by atoms with Crippen molar-refractivity contribution in [1.82, 2.24) is 19.6 Å². The standard InChI is InChI=1S/C17H18ClN5O2/c18-10-5-6-11(14(25)9-10)16-22-21-15(17-19-7-8-23(16)17)20-12-3-1-2-4-13(12)24/h5-9,12-13,24-25H,1-4H2,(H,20,21). The Hall–Kier alpha value is -2.38. The molecule has 1 aliphatic rings. The molecule has 1 aliphatic carbocycles. The molecule has 8 heteroatoms. The summed E-state index contributed by atoms with van der Waals surface area (Å²) in [5.41, 5.74) is 1.11. The number of phenolic OH excluding ortho intramolecular Hbond substituents is 1. The van der Waals surface area contributed by atoms with Gasteiger partial charge in [0.05, 0.1) is 17.7 Å². The minimum Gasteiger partial charge on any atom is -0.507 e. The minimum absolute atomic E-state index is 0.0280.